The van der Waals surface area contributed by atoms with Crippen LogP contribution in [0.5, 0.6) is 0 Å². The molecule has 160 valence electrons. The standard InChI is InChI=1S/C21H19N3O4S3/c1-21(2,3)24-31(26,27)15-6-4-12(5-7-15)16-11-22-10-13-8-14(28-18(13)16)9-17-19(25)23-20(29)30-17/h4-11,24H,1-3H3,(H,23,25,29)/b17-9-. The van der Waals surface area contributed by atoms with E-state index in [0.717, 1.165) is 10.9 Å². The maximum Gasteiger partial charge on any atom is 0.263 e. The van der Waals surface area contributed by atoms with Crippen LogP contribution < -0.4 is 10.0 Å². The number of sulfonamides is 1. The molecule has 0 saturated carbocycles. The number of rotatable bonds is 4. The number of nitrogens with zero attached hydrogens (tertiary/aromatic N) is 1. The molecule has 3 heterocycles. The van der Waals surface area contributed by atoms with Gasteiger partial charge in [-0.1, -0.05) is 36.1 Å². The quantitative estimate of drug-likeness (QED) is 0.435. The van der Waals surface area contributed by atoms with Crippen molar-refractivity contribution >= 4 is 61.3 Å². The highest BCUT2D eigenvalue weighted by atomic mass is 32.2. The third-order valence-electron chi connectivity index (χ3n) is 4.27. The molecule has 4 rings (SSSR count). The number of fused-ring (bicyclic) bond motifs is 1. The highest BCUT2D eigenvalue weighted by Gasteiger charge is 2.24. The van der Waals surface area contributed by atoms with E-state index in [-0.39, 0.29) is 10.8 Å². The van der Waals surface area contributed by atoms with E-state index in [1.165, 1.54) is 11.8 Å². The Bertz CT molecular complexity index is 1330. The second kappa shape index (κ2) is 7.86. The second-order valence-corrected chi connectivity index (χ2v) is 11.4. The van der Waals surface area contributed by atoms with Gasteiger partial charge >= 0.3 is 0 Å². The molecule has 3 aromatic rings. The van der Waals surface area contributed by atoms with Gasteiger partial charge < -0.3 is 9.73 Å². The number of carbonyl (C=O) groups excluding carboxylic acids is 1. The van der Waals surface area contributed by atoms with E-state index in [9.17, 15) is 13.2 Å². The molecule has 1 fully saturated rings. The molecule has 0 bridgehead atoms. The largest absolute Gasteiger partial charge is 0.456 e. The maximum atomic E-state index is 12.5. The summed E-state index contributed by atoms with van der Waals surface area (Å²) >= 11 is 6.19. The molecule has 0 aliphatic carbocycles. The average Bonchev–Trinajstić information content (AvgIpc) is 3.21. The molecular weight excluding hydrogens is 454 g/mol. The van der Waals surface area contributed by atoms with E-state index in [2.05, 4.69) is 15.0 Å². The Labute approximate surface area is 189 Å². The lowest BCUT2D eigenvalue weighted by atomic mass is 10.1. The summed E-state index contributed by atoms with van der Waals surface area (Å²) in [7, 11) is -3.63. The van der Waals surface area contributed by atoms with E-state index >= 15 is 0 Å². The number of hydrogen-bond donors (Lipinski definition) is 2. The molecule has 1 saturated heterocycles. The lowest BCUT2D eigenvalue weighted by molar-refractivity contribution is -0.115. The Balaban J connectivity index is 1.69. The molecule has 7 nitrogen and oxygen atoms in total. The maximum absolute atomic E-state index is 12.5. The molecule has 1 aliphatic heterocycles. The number of aromatic nitrogens is 1. The van der Waals surface area contributed by atoms with Crippen LogP contribution in [0.3, 0.4) is 0 Å². The Hall–Kier alpha value is -2.53. The summed E-state index contributed by atoms with van der Waals surface area (Å²) in [5.41, 5.74) is 1.49. The molecule has 0 radical (unpaired) electrons. The summed E-state index contributed by atoms with van der Waals surface area (Å²) in [5, 5.41) is 3.33. The Morgan fingerprint density at radius 3 is 2.52 bits per heavy atom. The fourth-order valence-corrected chi connectivity index (χ4v) is 5.53. The van der Waals surface area contributed by atoms with Gasteiger partial charge in [-0.3, -0.25) is 9.78 Å². The van der Waals surface area contributed by atoms with Crippen LogP contribution in [0.2, 0.25) is 0 Å². The average molecular weight is 474 g/mol. The van der Waals surface area contributed by atoms with Gasteiger partial charge in [-0.2, -0.15) is 0 Å². The number of furan rings is 1. The van der Waals surface area contributed by atoms with Crippen LogP contribution in [-0.4, -0.2) is 29.2 Å². The van der Waals surface area contributed by atoms with Crippen LogP contribution in [0.25, 0.3) is 28.2 Å². The van der Waals surface area contributed by atoms with Crippen molar-refractivity contribution in [3.05, 3.63) is 53.4 Å². The first kappa shape index (κ1) is 21.7. The van der Waals surface area contributed by atoms with Gasteiger partial charge in [0.25, 0.3) is 5.91 Å². The molecule has 31 heavy (non-hydrogen) atoms. The lowest BCUT2D eigenvalue weighted by Crippen LogP contribution is -2.40. The number of nitrogens with one attached hydrogen (secondary N) is 2. The third-order valence-corrected chi connectivity index (χ3v) is 7.21. The van der Waals surface area contributed by atoms with Crippen molar-refractivity contribution in [2.75, 3.05) is 0 Å². The monoisotopic (exact) mass is 473 g/mol. The Morgan fingerprint density at radius 1 is 1.19 bits per heavy atom. The van der Waals surface area contributed by atoms with Crippen molar-refractivity contribution in [1.82, 2.24) is 15.0 Å². The topological polar surface area (TPSA) is 101 Å². The van der Waals surface area contributed by atoms with Gasteiger partial charge in [-0.15, -0.1) is 0 Å². The third kappa shape index (κ3) is 4.72. The molecule has 2 N–H and O–H groups in total. The van der Waals surface area contributed by atoms with Gasteiger partial charge in [-0.25, -0.2) is 13.1 Å². The number of thiocarbonyl (C=S) groups is 1. The molecule has 0 spiro atoms. The van der Waals surface area contributed by atoms with Crippen LogP contribution >= 0.6 is 24.0 Å². The summed E-state index contributed by atoms with van der Waals surface area (Å²) < 4.78 is 34.1. The highest BCUT2D eigenvalue weighted by Crippen LogP contribution is 2.33. The summed E-state index contributed by atoms with van der Waals surface area (Å²) in [6, 6.07) is 8.32. The molecule has 1 amide bonds. The first-order chi connectivity index (χ1) is 14.5. The minimum atomic E-state index is -3.63. The van der Waals surface area contributed by atoms with Crippen LogP contribution in [0.15, 0.2) is 56.9 Å². The summed E-state index contributed by atoms with van der Waals surface area (Å²) in [6.07, 6.45) is 4.96. The molecule has 0 atom stereocenters. The van der Waals surface area contributed by atoms with Crippen molar-refractivity contribution in [3.63, 3.8) is 0 Å². The minimum Gasteiger partial charge on any atom is -0.456 e. The zero-order valence-corrected chi connectivity index (χ0v) is 19.4. The van der Waals surface area contributed by atoms with Gasteiger partial charge in [0.05, 0.1) is 9.80 Å². The fraction of sp³-hybridized carbons (Fsp3) is 0.190. The number of thioether (sulfide) groups is 1. The summed E-state index contributed by atoms with van der Waals surface area (Å²) in [5.74, 6) is 0.245. The number of pyridine rings is 1. The van der Waals surface area contributed by atoms with Crippen LogP contribution in [0, 0.1) is 0 Å². The van der Waals surface area contributed by atoms with Gasteiger partial charge in [0, 0.05) is 35.0 Å². The van der Waals surface area contributed by atoms with Crippen molar-refractivity contribution in [1.29, 1.82) is 0 Å². The number of hydrogen-bond acceptors (Lipinski definition) is 7. The van der Waals surface area contributed by atoms with E-state index < -0.39 is 15.6 Å². The first-order valence-electron chi connectivity index (χ1n) is 9.29. The Morgan fingerprint density at radius 2 is 1.90 bits per heavy atom. The van der Waals surface area contributed by atoms with Gasteiger partial charge in [-0.05, 0) is 44.5 Å². The summed E-state index contributed by atoms with van der Waals surface area (Å²) in [6.45, 7) is 5.36. The van der Waals surface area contributed by atoms with E-state index in [1.54, 1.807) is 69.6 Å². The van der Waals surface area contributed by atoms with Crippen LogP contribution in [-0.2, 0) is 14.8 Å². The normalized spacial score (nSPS) is 16.3. The molecular formula is C21H19N3O4S3. The fourth-order valence-electron chi connectivity index (χ4n) is 3.08. The van der Waals surface area contributed by atoms with E-state index in [4.69, 9.17) is 16.6 Å². The predicted octanol–water partition coefficient (Wildman–Crippen LogP) is 4.06. The van der Waals surface area contributed by atoms with Crippen LogP contribution in [0.1, 0.15) is 26.5 Å². The smallest absolute Gasteiger partial charge is 0.263 e. The molecule has 10 heteroatoms. The van der Waals surface area contributed by atoms with Gasteiger partial charge in [0.15, 0.2) is 0 Å². The number of carbonyl (C=O) groups is 1. The van der Waals surface area contributed by atoms with Crippen molar-refractivity contribution < 1.29 is 17.6 Å². The van der Waals surface area contributed by atoms with Gasteiger partial charge in [0.2, 0.25) is 10.0 Å². The number of benzene rings is 1. The molecule has 1 aromatic carbocycles. The van der Waals surface area contributed by atoms with Crippen molar-refractivity contribution in [2.45, 2.75) is 31.2 Å². The molecule has 0 unspecified atom stereocenters. The van der Waals surface area contributed by atoms with Crippen molar-refractivity contribution in [3.8, 4) is 11.1 Å². The lowest BCUT2D eigenvalue weighted by Gasteiger charge is -2.20. The zero-order valence-electron chi connectivity index (χ0n) is 16.9. The predicted molar refractivity (Wildman–Crippen MR) is 126 cm³/mol. The Kier molecular flexibility index (Phi) is 5.50. The SMILES string of the molecule is CC(C)(C)NS(=O)(=O)c1ccc(-c2cncc3cc(/C=C4\SC(=S)NC4=O)oc23)cc1. The molecule has 2 aromatic heterocycles. The van der Waals surface area contributed by atoms with Gasteiger partial charge in [0.1, 0.15) is 15.7 Å². The minimum absolute atomic E-state index is 0.177. The second-order valence-electron chi connectivity index (χ2n) is 7.99. The first-order valence-corrected chi connectivity index (χ1v) is 12.0. The van der Waals surface area contributed by atoms with Crippen LogP contribution in [0.4, 0.5) is 0 Å². The highest BCUT2D eigenvalue weighted by molar-refractivity contribution is 8.26. The molecule has 1 aliphatic rings. The number of amides is 1. The van der Waals surface area contributed by atoms with E-state index in [0.29, 0.717) is 26.1 Å². The van der Waals surface area contributed by atoms with Crippen molar-refractivity contribution in [2.24, 2.45) is 0 Å². The zero-order chi connectivity index (χ0) is 22.4. The summed E-state index contributed by atoms with van der Waals surface area (Å²) in [4.78, 5) is 16.8. The van der Waals surface area contributed by atoms with E-state index in [1.807, 2.05) is 0 Å².